The van der Waals surface area contributed by atoms with Crippen molar-refractivity contribution < 1.29 is 52.5 Å². The quantitative estimate of drug-likeness (QED) is 0.0350. The fraction of sp³-hybridized carbons (Fsp3) is 0.587. The van der Waals surface area contributed by atoms with Gasteiger partial charge in [-0.05, 0) is 42.4 Å². The van der Waals surface area contributed by atoms with Crippen LogP contribution in [-0.2, 0) is 54.1 Å². The number of ether oxygens (including phenoxy) is 7. The van der Waals surface area contributed by atoms with E-state index in [0.717, 1.165) is 22.4 Å². The first-order chi connectivity index (χ1) is 30.4. The molecule has 2 amide bonds. The summed E-state index contributed by atoms with van der Waals surface area (Å²) in [6.07, 6.45) is 6.99. The average Bonchev–Trinajstić information content (AvgIpc) is 3.28. The second-order valence-electron chi connectivity index (χ2n) is 15.0. The van der Waals surface area contributed by atoms with Gasteiger partial charge in [-0.2, -0.15) is 5.10 Å². The highest BCUT2D eigenvalue weighted by Gasteiger charge is 2.31. The van der Waals surface area contributed by atoms with Gasteiger partial charge in [-0.25, -0.2) is 4.99 Å². The number of allylic oxidation sites excluding steroid dienone is 2. The zero-order chi connectivity index (χ0) is 44.0. The summed E-state index contributed by atoms with van der Waals surface area (Å²) < 4.78 is 38.7. The first kappa shape index (κ1) is 50.3. The van der Waals surface area contributed by atoms with E-state index in [4.69, 9.17) is 44.7 Å². The van der Waals surface area contributed by atoms with E-state index in [1.165, 1.54) is 0 Å². The van der Waals surface area contributed by atoms with E-state index in [1.807, 2.05) is 48.5 Å². The molecule has 4 rings (SSSR count). The number of benzene rings is 2. The van der Waals surface area contributed by atoms with Crippen molar-refractivity contribution >= 4 is 34.7 Å². The van der Waals surface area contributed by atoms with E-state index < -0.39 is 0 Å². The fourth-order valence-electron chi connectivity index (χ4n) is 6.84. The first-order valence-corrected chi connectivity index (χ1v) is 22.0. The third-order valence-corrected chi connectivity index (χ3v) is 10.3. The van der Waals surface area contributed by atoms with Crippen molar-refractivity contribution in [1.29, 1.82) is 0 Å². The lowest BCUT2D eigenvalue weighted by atomic mass is 9.80. The number of anilines is 1. The van der Waals surface area contributed by atoms with Crippen LogP contribution in [0.1, 0.15) is 62.1 Å². The number of hydrogen-bond donors (Lipinski definition) is 4. The topological polar surface area (TPSA) is 209 Å². The standard InChI is InChI=1S/C46H68N6O10/c1-36-14-15-37(36)34-39(53)16-20-56-24-28-60-32-33-62-30-26-58-22-18-49-43(54)12-6-7-13-44(55)52-35-38-8-2-3-9-40(38)45(46(51-48)41-10-4-5-11-42(41)52)50-19-23-59-27-31-61-29-25-57-21-17-47/h2-5,8-11,14-15,36-37H,6-7,12-13,16-35,47-48H2,1H3,(H,49,54)/p+1/b50-45?,51-46-. The summed E-state index contributed by atoms with van der Waals surface area (Å²) in [5.74, 6) is 7.07. The van der Waals surface area contributed by atoms with Crippen LogP contribution in [0, 0.1) is 11.8 Å². The average molecular weight is 866 g/mol. The fourth-order valence-corrected chi connectivity index (χ4v) is 6.84. The summed E-state index contributed by atoms with van der Waals surface area (Å²) in [4.78, 5) is 43.6. The van der Waals surface area contributed by atoms with Crippen LogP contribution in [0.2, 0.25) is 0 Å². The van der Waals surface area contributed by atoms with Gasteiger partial charge in [-0.3, -0.25) is 14.4 Å². The molecule has 0 saturated carbocycles. The van der Waals surface area contributed by atoms with E-state index in [0.29, 0.717) is 174 Å². The number of carbonyl (C=O) groups is 3. The number of para-hydroxylation sites is 1. The van der Waals surface area contributed by atoms with Crippen molar-refractivity contribution in [2.75, 3.05) is 117 Å². The van der Waals surface area contributed by atoms with Crippen LogP contribution in [0.5, 0.6) is 0 Å². The smallest absolute Gasteiger partial charge is 0.234 e. The maximum absolute atomic E-state index is 13.9. The molecule has 16 heteroatoms. The highest BCUT2D eigenvalue weighted by Crippen LogP contribution is 2.30. The monoisotopic (exact) mass is 866 g/mol. The van der Waals surface area contributed by atoms with Gasteiger partial charge in [0.2, 0.25) is 17.5 Å². The molecule has 6 N–H and O–H groups in total. The van der Waals surface area contributed by atoms with Gasteiger partial charge in [-0.1, -0.05) is 55.5 Å². The minimum atomic E-state index is -0.0847. The highest BCUT2D eigenvalue weighted by atomic mass is 16.6. The number of hydrazone groups is 1. The maximum atomic E-state index is 13.9. The highest BCUT2D eigenvalue weighted by molar-refractivity contribution is 6.52. The number of nitrogens with one attached hydrogen (secondary N) is 2. The Kier molecular flexibility index (Phi) is 24.8. The molecule has 0 saturated heterocycles. The largest absolute Gasteiger partial charge is 0.379 e. The van der Waals surface area contributed by atoms with Crippen LogP contribution in [-0.4, -0.2) is 141 Å². The van der Waals surface area contributed by atoms with Gasteiger partial charge in [0.05, 0.1) is 104 Å². The second kappa shape index (κ2) is 30.6. The summed E-state index contributed by atoms with van der Waals surface area (Å²) in [5, 5.41) is 7.11. The SMILES string of the molecule is CC1C=CC1CC(=O)CCOCCOCCOCCOCCNC(=O)CCCCC(=O)N1Cc2ccccc2C(=[NH+]CCOCCOCCOCCN)/C(=N\N)c2ccccc21. The Bertz CT molecular complexity index is 1720. The van der Waals surface area contributed by atoms with Crippen molar-refractivity contribution in [1.82, 2.24) is 5.32 Å². The molecule has 2 aromatic carbocycles. The Hall–Kier alpha value is -4.39. The maximum Gasteiger partial charge on any atom is 0.234 e. The van der Waals surface area contributed by atoms with Gasteiger partial charge < -0.3 is 55.0 Å². The summed E-state index contributed by atoms with van der Waals surface area (Å²) in [7, 11) is 0. The van der Waals surface area contributed by atoms with Gasteiger partial charge in [0.15, 0.2) is 12.3 Å². The number of nitrogens with two attached hydrogens (primary N) is 2. The number of unbranched alkanes of at least 4 members (excludes halogenated alkanes) is 1. The number of rotatable bonds is 33. The lowest BCUT2D eigenvalue weighted by Gasteiger charge is -2.28. The number of fused-ring (bicyclic) bond motifs is 2. The molecule has 0 aromatic heterocycles. The van der Waals surface area contributed by atoms with E-state index in [2.05, 4.69) is 34.5 Å². The molecule has 1 aliphatic heterocycles. The molecule has 0 fully saturated rings. The third-order valence-electron chi connectivity index (χ3n) is 10.3. The molecule has 1 aliphatic carbocycles. The second-order valence-corrected chi connectivity index (χ2v) is 15.0. The van der Waals surface area contributed by atoms with Crippen molar-refractivity contribution in [2.24, 2.45) is 28.5 Å². The van der Waals surface area contributed by atoms with Crippen molar-refractivity contribution in [3.8, 4) is 0 Å². The van der Waals surface area contributed by atoms with Gasteiger partial charge in [0.1, 0.15) is 12.4 Å². The summed E-state index contributed by atoms with van der Waals surface area (Å²) in [6, 6.07) is 15.5. The third kappa shape index (κ3) is 18.5. The molecule has 0 radical (unpaired) electrons. The molecule has 16 nitrogen and oxygen atoms in total. The summed E-state index contributed by atoms with van der Waals surface area (Å²) in [6.45, 7) is 10.1. The summed E-state index contributed by atoms with van der Waals surface area (Å²) in [5.41, 5.74) is 10.0. The molecule has 62 heavy (non-hydrogen) atoms. The molecule has 2 aromatic rings. The van der Waals surface area contributed by atoms with Gasteiger partial charge >= 0.3 is 0 Å². The molecular weight excluding hydrogens is 797 g/mol. The van der Waals surface area contributed by atoms with E-state index in [-0.39, 0.29) is 24.0 Å². The Labute approximate surface area is 366 Å². The number of Topliss-reactive ketones (excluding diaryl/α,β-unsaturated/α-hetero) is 1. The predicted molar refractivity (Wildman–Crippen MR) is 237 cm³/mol. The number of amides is 2. The van der Waals surface area contributed by atoms with E-state index in [1.54, 1.807) is 4.90 Å². The van der Waals surface area contributed by atoms with Crippen LogP contribution in [0.25, 0.3) is 0 Å². The van der Waals surface area contributed by atoms with Crippen LogP contribution < -0.4 is 26.8 Å². The molecule has 1 heterocycles. The lowest BCUT2D eigenvalue weighted by molar-refractivity contribution is -0.458. The molecule has 2 atom stereocenters. The van der Waals surface area contributed by atoms with E-state index >= 15 is 0 Å². The zero-order valence-electron chi connectivity index (χ0n) is 36.5. The zero-order valence-corrected chi connectivity index (χ0v) is 36.5. The number of hydrogen-bond acceptors (Lipinski definition) is 13. The molecule has 342 valence electrons. The van der Waals surface area contributed by atoms with Gasteiger partial charge in [0.25, 0.3) is 0 Å². The molecule has 2 aliphatic rings. The number of nitrogens with zero attached hydrogens (tertiary/aromatic N) is 2. The molecule has 2 unspecified atom stereocenters. The Morgan fingerprint density at radius 2 is 1.29 bits per heavy atom. The lowest BCUT2D eigenvalue weighted by Crippen LogP contribution is -2.76. The minimum absolute atomic E-state index is 0.0510. The van der Waals surface area contributed by atoms with Gasteiger partial charge in [-0.15, -0.1) is 0 Å². The number of ketones is 1. The van der Waals surface area contributed by atoms with E-state index in [9.17, 15) is 14.4 Å². The predicted octanol–water partition coefficient (Wildman–Crippen LogP) is 1.69. The molecule has 0 bridgehead atoms. The summed E-state index contributed by atoms with van der Waals surface area (Å²) >= 11 is 0. The normalized spacial score (nSPS) is 17.0. The Morgan fingerprint density at radius 3 is 1.92 bits per heavy atom. The number of carbonyl (C=O) groups excluding carboxylic acids is 3. The first-order valence-electron chi connectivity index (χ1n) is 22.0. The molecule has 0 spiro atoms. The van der Waals surface area contributed by atoms with Gasteiger partial charge in [0, 0.05) is 44.3 Å². The van der Waals surface area contributed by atoms with Crippen molar-refractivity contribution in [3.63, 3.8) is 0 Å². The van der Waals surface area contributed by atoms with Crippen LogP contribution in [0.4, 0.5) is 5.69 Å². The van der Waals surface area contributed by atoms with Crippen LogP contribution in [0.15, 0.2) is 65.8 Å². The van der Waals surface area contributed by atoms with Crippen LogP contribution in [0.3, 0.4) is 0 Å². The van der Waals surface area contributed by atoms with Crippen LogP contribution >= 0.6 is 0 Å². The van der Waals surface area contributed by atoms with Crippen molar-refractivity contribution in [3.05, 3.63) is 77.4 Å². The Morgan fingerprint density at radius 1 is 0.710 bits per heavy atom. The Balaban J connectivity index is 1.08. The molecular formula is C46H69N6O10+. The van der Waals surface area contributed by atoms with Crippen molar-refractivity contribution in [2.45, 2.75) is 52.0 Å². The minimum Gasteiger partial charge on any atom is -0.379 e.